The summed E-state index contributed by atoms with van der Waals surface area (Å²) < 4.78 is 0. The molecule has 5 aromatic carbocycles. The number of hydrogen-bond donors (Lipinski definition) is 4. The molecule has 5 N–H and O–H groups in total. The molecule has 6 rings (SSSR count). The Labute approximate surface area is 250 Å². The molecule has 0 fully saturated rings. The molecular weight excluding hydrogens is 534 g/mol. The molecule has 0 aliphatic carbocycles. The van der Waals surface area contributed by atoms with Crippen molar-refractivity contribution in [2.75, 3.05) is 5.32 Å². The van der Waals surface area contributed by atoms with E-state index in [1.165, 1.54) is 0 Å². The fourth-order valence-corrected chi connectivity index (χ4v) is 5.82. The van der Waals surface area contributed by atoms with Gasteiger partial charge < -0.3 is 21.1 Å². The van der Waals surface area contributed by atoms with Crippen LogP contribution in [0.1, 0.15) is 54.6 Å². The van der Waals surface area contributed by atoms with Crippen molar-refractivity contribution in [2.45, 2.75) is 45.6 Å². The summed E-state index contributed by atoms with van der Waals surface area (Å²) in [6.07, 6.45) is 2.72. The standard InChI is InChI=1S/C36H35N5O2/c1-4-20-36(37,5-2)24-13-17-26(18-14-24)40-41-33-31-23(12-19-28-27-8-6-7-9-30(27)39-32(28)31)21-29(34(33)42)35(43)38-25-15-10-22(3)11-16-25/h6-19,21,39,42H,4-5,20,37H2,1-3H3,(H,38,43). The average molecular weight is 570 g/mol. The smallest absolute Gasteiger partial charge is 0.259 e. The molecule has 0 spiro atoms. The van der Waals surface area contributed by atoms with Crippen LogP contribution in [-0.2, 0) is 5.54 Å². The number of aromatic hydroxyl groups is 1. The number of anilines is 1. The number of para-hydroxylation sites is 1. The van der Waals surface area contributed by atoms with E-state index in [2.05, 4.69) is 40.4 Å². The normalized spacial score (nSPS) is 13.2. The highest BCUT2D eigenvalue weighted by Gasteiger charge is 2.24. The largest absolute Gasteiger partial charge is 0.505 e. The summed E-state index contributed by atoms with van der Waals surface area (Å²) in [5, 5.41) is 27.1. The fraction of sp³-hybridized carbons (Fsp3) is 0.194. The quantitative estimate of drug-likeness (QED) is 0.137. The molecule has 1 aromatic heterocycles. The number of hydrogen-bond acceptors (Lipinski definition) is 5. The van der Waals surface area contributed by atoms with Gasteiger partial charge in [0, 0.05) is 32.9 Å². The van der Waals surface area contributed by atoms with Crippen LogP contribution < -0.4 is 11.1 Å². The van der Waals surface area contributed by atoms with Gasteiger partial charge in [-0.3, -0.25) is 4.79 Å². The predicted octanol–water partition coefficient (Wildman–Crippen LogP) is 9.52. The number of nitrogens with zero attached hydrogens (tertiary/aromatic N) is 2. The monoisotopic (exact) mass is 569 g/mol. The number of fused-ring (bicyclic) bond motifs is 5. The first-order chi connectivity index (χ1) is 20.8. The molecule has 1 atom stereocenters. The van der Waals surface area contributed by atoms with Gasteiger partial charge in [-0.15, -0.1) is 5.11 Å². The van der Waals surface area contributed by atoms with Gasteiger partial charge in [0.15, 0.2) is 5.75 Å². The lowest BCUT2D eigenvalue weighted by Gasteiger charge is -2.28. The van der Waals surface area contributed by atoms with E-state index in [9.17, 15) is 9.90 Å². The molecule has 0 saturated carbocycles. The summed E-state index contributed by atoms with van der Waals surface area (Å²) in [5.74, 6) is -0.672. The summed E-state index contributed by atoms with van der Waals surface area (Å²) in [6, 6.07) is 29.0. The Hall–Kier alpha value is -5.01. The summed E-state index contributed by atoms with van der Waals surface area (Å²) >= 11 is 0. The van der Waals surface area contributed by atoms with Crippen LogP contribution >= 0.6 is 0 Å². The van der Waals surface area contributed by atoms with Gasteiger partial charge in [-0.2, -0.15) is 5.11 Å². The maximum atomic E-state index is 13.4. The number of H-pyrrole nitrogens is 1. The third kappa shape index (κ3) is 5.24. The summed E-state index contributed by atoms with van der Waals surface area (Å²) in [7, 11) is 0. The SMILES string of the molecule is CCCC(N)(CC)c1ccc(N=Nc2c(O)c(C(=O)Nc3ccc(C)cc3)cc3ccc4c5ccccc5[nH]c4c23)cc1. The molecule has 0 aliphatic rings. The van der Waals surface area contributed by atoms with E-state index in [0.717, 1.165) is 57.6 Å². The molecule has 0 aliphatic heterocycles. The molecule has 1 heterocycles. The third-order valence-electron chi connectivity index (χ3n) is 8.32. The number of carbonyl (C=O) groups is 1. The number of benzene rings is 5. The maximum absolute atomic E-state index is 13.4. The fourth-order valence-electron chi connectivity index (χ4n) is 5.82. The van der Waals surface area contributed by atoms with Crippen LogP contribution in [0.25, 0.3) is 32.6 Å². The van der Waals surface area contributed by atoms with Crippen molar-refractivity contribution in [3.05, 3.63) is 108 Å². The molecule has 0 radical (unpaired) electrons. The number of aromatic nitrogens is 1. The van der Waals surface area contributed by atoms with Crippen LogP contribution in [0.2, 0.25) is 0 Å². The molecular formula is C36H35N5O2. The molecule has 0 saturated heterocycles. The number of azo groups is 1. The first kappa shape index (κ1) is 28.1. The molecule has 1 amide bonds. The minimum Gasteiger partial charge on any atom is -0.505 e. The maximum Gasteiger partial charge on any atom is 0.259 e. The van der Waals surface area contributed by atoms with E-state index in [4.69, 9.17) is 5.73 Å². The number of phenolic OH excluding ortho intramolecular Hbond substituents is 1. The van der Waals surface area contributed by atoms with Crippen molar-refractivity contribution >= 4 is 55.5 Å². The van der Waals surface area contributed by atoms with Crippen molar-refractivity contribution < 1.29 is 9.90 Å². The molecule has 43 heavy (non-hydrogen) atoms. The van der Waals surface area contributed by atoms with E-state index in [1.807, 2.05) is 85.8 Å². The van der Waals surface area contributed by atoms with Crippen molar-refractivity contribution in [3.63, 3.8) is 0 Å². The van der Waals surface area contributed by atoms with Crippen molar-refractivity contribution in [2.24, 2.45) is 16.0 Å². The second-order valence-corrected chi connectivity index (χ2v) is 11.2. The van der Waals surface area contributed by atoms with Gasteiger partial charge in [-0.25, -0.2) is 0 Å². The number of rotatable bonds is 8. The molecule has 1 unspecified atom stereocenters. The minimum atomic E-state index is -0.435. The highest BCUT2D eigenvalue weighted by molar-refractivity contribution is 6.22. The first-order valence-electron chi connectivity index (χ1n) is 14.7. The number of phenols is 1. The molecule has 216 valence electrons. The summed E-state index contributed by atoms with van der Waals surface area (Å²) in [4.78, 5) is 16.9. The van der Waals surface area contributed by atoms with E-state index in [-0.39, 0.29) is 22.5 Å². The average Bonchev–Trinajstić information content (AvgIpc) is 3.40. The van der Waals surface area contributed by atoms with Gasteiger partial charge in [0.25, 0.3) is 5.91 Å². The lowest BCUT2D eigenvalue weighted by Crippen LogP contribution is -2.35. The van der Waals surface area contributed by atoms with E-state index in [1.54, 1.807) is 6.07 Å². The molecule has 6 aromatic rings. The Balaban J connectivity index is 1.48. The zero-order valence-electron chi connectivity index (χ0n) is 24.6. The lowest BCUT2D eigenvalue weighted by molar-refractivity contribution is 0.102. The minimum absolute atomic E-state index is 0.114. The second-order valence-electron chi connectivity index (χ2n) is 11.2. The Bertz CT molecular complexity index is 1990. The topological polar surface area (TPSA) is 116 Å². The zero-order chi connectivity index (χ0) is 30.1. The van der Waals surface area contributed by atoms with Gasteiger partial charge in [-0.1, -0.05) is 80.4 Å². The number of aromatic amines is 1. The van der Waals surface area contributed by atoms with E-state index >= 15 is 0 Å². The second kappa shape index (κ2) is 11.3. The summed E-state index contributed by atoms with van der Waals surface area (Å²) in [6.45, 7) is 6.22. The van der Waals surface area contributed by atoms with Crippen molar-refractivity contribution in [1.82, 2.24) is 4.98 Å². The lowest BCUT2D eigenvalue weighted by atomic mass is 9.84. The Kier molecular flexibility index (Phi) is 7.42. The van der Waals surface area contributed by atoms with Crippen LogP contribution in [-0.4, -0.2) is 16.0 Å². The van der Waals surface area contributed by atoms with Crippen molar-refractivity contribution in [1.29, 1.82) is 0 Å². The van der Waals surface area contributed by atoms with Crippen molar-refractivity contribution in [3.8, 4) is 5.75 Å². The van der Waals surface area contributed by atoms with Gasteiger partial charge in [0.2, 0.25) is 0 Å². The van der Waals surface area contributed by atoms with E-state index in [0.29, 0.717) is 16.8 Å². The number of nitrogens with two attached hydrogens (primary N) is 1. The van der Waals surface area contributed by atoms with Gasteiger partial charge in [0.1, 0.15) is 5.69 Å². The van der Waals surface area contributed by atoms with Gasteiger partial charge in [0.05, 0.1) is 16.8 Å². The summed E-state index contributed by atoms with van der Waals surface area (Å²) in [5.41, 5.74) is 11.8. The molecule has 0 bridgehead atoms. The van der Waals surface area contributed by atoms with Crippen LogP contribution in [0.4, 0.5) is 17.1 Å². The Morgan fingerprint density at radius 2 is 1.67 bits per heavy atom. The molecule has 7 nitrogen and oxygen atoms in total. The number of aryl methyl sites for hydroxylation is 1. The van der Waals surface area contributed by atoms with Gasteiger partial charge in [-0.05, 0) is 67.1 Å². The highest BCUT2D eigenvalue weighted by Crippen LogP contribution is 2.44. The number of carbonyl (C=O) groups excluding carboxylic acids is 1. The predicted molar refractivity (Wildman–Crippen MR) is 176 cm³/mol. The van der Waals surface area contributed by atoms with Crippen LogP contribution in [0.3, 0.4) is 0 Å². The van der Waals surface area contributed by atoms with Crippen LogP contribution in [0.5, 0.6) is 5.75 Å². The highest BCUT2D eigenvalue weighted by atomic mass is 16.3. The number of nitrogens with one attached hydrogen (secondary N) is 2. The molecule has 7 heteroatoms. The zero-order valence-corrected chi connectivity index (χ0v) is 24.6. The van der Waals surface area contributed by atoms with Crippen LogP contribution in [0.15, 0.2) is 101 Å². The Morgan fingerprint density at radius 3 is 2.40 bits per heavy atom. The van der Waals surface area contributed by atoms with E-state index < -0.39 is 5.91 Å². The first-order valence-corrected chi connectivity index (χ1v) is 14.7. The Morgan fingerprint density at radius 1 is 0.930 bits per heavy atom. The number of amides is 1. The van der Waals surface area contributed by atoms with Gasteiger partial charge >= 0.3 is 0 Å². The van der Waals surface area contributed by atoms with Crippen LogP contribution in [0, 0.1) is 6.92 Å². The third-order valence-corrected chi connectivity index (χ3v) is 8.32.